The molecule has 0 aliphatic rings. The van der Waals surface area contributed by atoms with Crippen LogP contribution in [0.15, 0.2) is 42.5 Å². The molecular formula is C14H14BFO4. The summed E-state index contributed by atoms with van der Waals surface area (Å²) in [6.07, 6.45) is 0. The number of hydrogen-bond acceptors (Lipinski definition) is 4. The normalized spacial score (nSPS) is 10.2. The summed E-state index contributed by atoms with van der Waals surface area (Å²) in [6.45, 7) is 0.262. The fraction of sp³-hybridized carbons (Fsp3) is 0.143. The van der Waals surface area contributed by atoms with Gasteiger partial charge in [-0.3, -0.25) is 0 Å². The lowest BCUT2D eigenvalue weighted by molar-refractivity contribution is 0.303. The molecule has 2 aromatic carbocycles. The standard InChI is InChI=1S/C14H14BFO4/c1-19-11-4-2-3-10(7-11)9-20-12-5-6-13(15(17)18)14(16)8-12/h2-8,17-18H,9H2,1H3. The number of ether oxygens (including phenoxy) is 2. The van der Waals surface area contributed by atoms with Gasteiger partial charge in [-0.05, 0) is 23.8 Å². The number of rotatable bonds is 5. The Morgan fingerprint density at radius 3 is 2.55 bits per heavy atom. The van der Waals surface area contributed by atoms with Crippen LogP contribution in [0.2, 0.25) is 0 Å². The molecule has 0 amide bonds. The maximum absolute atomic E-state index is 13.5. The van der Waals surface area contributed by atoms with Crippen LogP contribution in [0.25, 0.3) is 0 Å². The van der Waals surface area contributed by atoms with E-state index in [4.69, 9.17) is 19.5 Å². The van der Waals surface area contributed by atoms with E-state index in [9.17, 15) is 4.39 Å². The molecule has 0 saturated heterocycles. The lowest BCUT2D eigenvalue weighted by Gasteiger charge is -2.09. The van der Waals surface area contributed by atoms with Crippen LogP contribution in [-0.4, -0.2) is 24.3 Å². The molecule has 0 aromatic heterocycles. The fourth-order valence-corrected chi connectivity index (χ4v) is 1.74. The van der Waals surface area contributed by atoms with Crippen LogP contribution in [0.3, 0.4) is 0 Å². The summed E-state index contributed by atoms with van der Waals surface area (Å²) in [6, 6.07) is 11.2. The van der Waals surface area contributed by atoms with Crippen molar-refractivity contribution >= 4 is 12.6 Å². The molecule has 0 atom stereocenters. The van der Waals surface area contributed by atoms with Gasteiger partial charge in [0, 0.05) is 11.5 Å². The van der Waals surface area contributed by atoms with Gasteiger partial charge in [-0.25, -0.2) is 4.39 Å². The summed E-state index contributed by atoms with van der Waals surface area (Å²) in [5.41, 5.74) is 0.703. The maximum Gasteiger partial charge on any atom is 0.491 e. The quantitative estimate of drug-likeness (QED) is 0.803. The zero-order valence-electron chi connectivity index (χ0n) is 10.9. The topological polar surface area (TPSA) is 58.9 Å². The van der Waals surface area contributed by atoms with Crippen molar-refractivity contribution in [1.82, 2.24) is 0 Å². The van der Waals surface area contributed by atoms with E-state index in [-0.39, 0.29) is 12.1 Å². The molecule has 6 heteroatoms. The first kappa shape index (κ1) is 14.4. The highest BCUT2D eigenvalue weighted by atomic mass is 19.1. The van der Waals surface area contributed by atoms with Gasteiger partial charge in [0.25, 0.3) is 0 Å². The van der Waals surface area contributed by atoms with Gasteiger partial charge in [-0.2, -0.15) is 0 Å². The number of methoxy groups -OCH3 is 1. The van der Waals surface area contributed by atoms with Gasteiger partial charge in [0.15, 0.2) is 0 Å². The van der Waals surface area contributed by atoms with Crippen LogP contribution in [0.1, 0.15) is 5.56 Å². The molecule has 0 unspecified atom stereocenters. The fourth-order valence-electron chi connectivity index (χ4n) is 1.74. The molecule has 0 aliphatic heterocycles. The SMILES string of the molecule is COc1cccc(COc2ccc(B(O)O)c(F)c2)c1. The molecule has 0 aliphatic carbocycles. The van der Waals surface area contributed by atoms with Gasteiger partial charge in [0.1, 0.15) is 23.9 Å². The Kier molecular flexibility index (Phi) is 4.60. The van der Waals surface area contributed by atoms with E-state index in [2.05, 4.69) is 0 Å². The number of benzene rings is 2. The molecule has 104 valence electrons. The molecule has 2 N–H and O–H groups in total. The zero-order chi connectivity index (χ0) is 14.5. The Balaban J connectivity index is 2.05. The van der Waals surface area contributed by atoms with Crippen molar-refractivity contribution in [2.75, 3.05) is 7.11 Å². The second-order valence-electron chi connectivity index (χ2n) is 4.20. The van der Waals surface area contributed by atoms with Gasteiger partial charge in [0.05, 0.1) is 7.11 Å². The molecule has 0 fully saturated rings. The molecule has 2 aromatic rings. The third kappa shape index (κ3) is 3.49. The monoisotopic (exact) mass is 276 g/mol. The second kappa shape index (κ2) is 6.41. The minimum Gasteiger partial charge on any atom is -0.497 e. The van der Waals surface area contributed by atoms with Crippen molar-refractivity contribution in [1.29, 1.82) is 0 Å². The van der Waals surface area contributed by atoms with E-state index in [0.717, 1.165) is 17.4 Å². The van der Waals surface area contributed by atoms with E-state index in [0.29, 0.717) is 5.75 Å². The van der Waals surface area contributed by atoms with E-state index in [1.165, 1.54) is 12.1 Å². The summed E-state index contributed by atoms with van der Waals surface area (Å²) < 4.78 is 24.1. The van der Waals surface area contributed by atoms with E-state index in [1.54, 1.807) is 7.11 Å². The summed E-state index contributed by atoms with van der Waals surface area (Å²) >= 11 is 0. The van der Waals surface area contributed by atoms with Gasteiger partial charge in [-0.15, -0.1) is 0 Å². The smallest absolute Gasteiger partial charge is 0.491 e. The van der Waals surface area contributed by atoms with Gasteiger partial charge >= 0.3 is 7.12 Å². The molecular weight excluding hydrogens is 262 g/mol. The lowest BCUT2D eigenvalue weighted by Crippen LogP contribution is -2.32. The summed E-state index contributed by atoms with van der Waals surface area (Å²) in [5.74, 6) is 0.314. The largest absolute Gasteiger partial charge is 0.497 e. The number of hydrogen-bond donors (Lipinski definition) is 2. The Bertz CT molecular complexity index is 589. The predicted octanol–water partition coefficient (Wildman–Crippen LogP) is 1.09. The highest BCUT2D eigenvalue weighted by Gasteiger charge is 2.16. The Morgan fingerprint density at radius 1 is 1.10 bits per heavy atom. The van der Waals surface area contributed by atoms with E-state index < -0.39 is 12.9 Å². The van der Waals surface area contributed by atoms with Crippen LogP contribution in [0.5, 0.6) is 11.5 Å². The minimum atomic E-state index is -1.83. The van der Waals surface area contributed by atoms with Crippen molar-refractivity contribution in [3.05, 3.63) is 53.8 Å². The minimum absolute atomic E-state index is 0.182. The molecule has 0 radical (unpaired) electrons. The van der Waals surface area contributed by atoms with Crippen LogP contribution < -0.4 is 14.9 Å². The van der Waals surface area contributed by atoms with Gasteiger partial charge in [-0.1, -0.05) is 18.2 Å². The molecule has 4 nitrogen and oxygen atoms in total. The molecule has 0 saturated carbocycles. The van der Waals surface area contributed by atoms with E-state index in [1.807, 2.05) is 24.3 Å². The van der Waals surface area contributed by atoms with Crippen molar-refractivity contribution in [2.24, 2.45) is 0 Å². The Labute approximate surface area is 116 Å². The average Bonchev–Trinajstić information content (AvgIpc) is 2.45. The van der Waals surface area contributed by atoms with Gasteiger partial charge < -0.3 is 19.5 Å². The van der Waals surface area contributed by atoms with Crippen LogP contribution in [0.4, 0.5) is 4.39 Å². The van der Waals surface area contributed by atoms with E-state index >= 15 is 0 Å². The first-order valence-electron chi connectivity index (χ1n) is 6.01. The second-order valence-corrected chi connectivity index (χ2v) is 4.20. The van der Waals surface area contributed by atoms with Gasteiger partial charge in [0.2, 0.25) is 0 Å². The first-order chi connectivity index (χ1) is 9.60. The van der Waals surface area contributed by atoms with Crippen molar-refractivity contribution in [3.63, 3.8) is 0 Å². The average molecular weight is 276 g/mol. The molecule has 20 heavy (non-hydrogen) atoms. The third-order valence-electron chi connectivity index (χ3n) is 2.79. The van der Waals surface area contributed by atoms with Crippen LogP contribution >= 0.6 is 0 Å². The Hall–Kier alpha value is -2.05. The predicted molar refractivity (Wildman–Crippen MR) is 73.6 cm³/mol. The Morgan fingerprint density at radius 2 is 1.90 bits per heavy atom. The molecule has 0 heterocycles. The molecule has 0 spiro atoms. The van der Waals surface area contributed by atoms with Crippen LogP contribution in [-0.2, 0) is 6.61 Å². The highest BCUT2D eigenvalue weighted by molar-refractivity contribution is 6.58. The molecule has 2 rings (SSSR count). The van der Waals surface area contributed by atoms with Crippen molar-refractivity contribution in [2.45, 2.75) is 6.61 Å². The van der Waals surface area contributed by atoms with Crippen molar-refractivity contribution in [3.8, 4) is 11.5 Å². The molecule has 0 bridgehead atoms. The maximum atomic E-state index is 13.5. The number of halogens is 1. The summed E-state index contributed by atoms with van der Waals surface area (Å²) in [5, 5.41) is 17.8. The van der Waals surface area contributed by atoms with Crippen molar-refractivity contribution < 1.29 is 23.9 Å². The van der Waals surface area contributed by atoms with Crippen LogP contribution in [0, 0.1) is 5.82 Å². The summed E-state index contributed by atoms with van der Waals surface area (Å²) in [7, 11) is -0.253. The zero-order valence-corrected chi connectivity index (χ0v) is 10.9. The lowest BCUT2D eigenvalue weighted by atomic mass is 9.80. The summed E-state index contributed by atoms with van der Waals surface area (Å²) in [4.78, 5) is 0. The third-order valence-corrected chi connectivity index (χ3v) is 2.79. The highest BCUT2D eigenvalue weighted by Crippen LogP contribution is 2.16. The first-order valence-corrected chi connectivity index (χ1v) is 6.01.